The second kappa shape index (κ2) is 7.23. The van der Waals surface area contributed by atoms with Gasteiger partial charge in [0.05, 0.1) is 11.0 Å². The second-order valence-electron chi connectivity index (χ2n) is 6.06. The molecule has 4 nitrogen and oxygen atoms in total. The van der Waals surface area contributed by atoms with E-state index in [4.69, 9.17) is 0 Å². The molecule has 0 N–H and O–H groups in total. The lowest BCUT2D eigenvalue weighted by atomic mass is 10.0. The van der Waals surface area contributed by atoms with Crippen LogP contribution in [0.3, 0.4) is 0 Å². The molecule has 1 aliphatic heterocycles. The molecule has 1 aromatic carbocycles. The first-order chi connectivity index (χ1) is 11.2. The monoisotopic (exact) mass is 329 g/mol. The lowest BCUT2D eigenvalue weighted by Gasteiger charge is -2.40. The van der Waals surface area contributed by atoms with Gasteiger partial charge in [-0.1, -0.05) is 37.3 Å². The van der Waals surface area contributed by atoms with Gasteiger partial charge in [0.25, 0.3) is 5.91 Å². The number of hydrogen-bond acceptors (Lipinski definition) is 4. The smallest absolute Gasteiger partial charge is 0.273 e. The highest BCUT2D eigenvalue weighted by molar-refractivity contribution is 7.09. The number of aromatic nitrogens is 1. The first kappa shape index (κ1) is 16.1. The molecule has 0 aliphatic carbocycles. The number of likely N-dealkylation sites (N-methyl/N-ethyl adjacent to an activating group) is 1. The Balaban J connectivity index is 1.84. The van der Waals surface area contributed by atoms with Crippen molar-refractivity contribution >= 4 is 17.2 Å². The number of carbonyl (C=O) groups excluding carboxylic acids is 1. The minimum absolute atomic E-state index is 0.0607. The fraction of sp³-hybridized carbons (Fsp3) is 0.444. The van der Waals surface area contributed by atoms with Gasteiger partial charge in [-0.15, -0.1) is 11.3 Å². The van der Waals surface area contributed by atoms with E-state index in [-0.39, 0.29) is 11.9 Å². The van der Waals surface area contributed by atoms with Gasteiger partial charge in [0.1, 0.15) is 5.69 Å². The highest BCUT2D eigenvalue weighted by Gasteiger charge is 2.31. The van der Waals surface area contributed by atoms with Crippen LogP contribution >= 0.6 is 11.3 Å². The number of thiazole rings is 1. The SMILES string of the molecule is CCCc1nc(C(=O)N2CCN(C)C[C@H]2c2ccccc2)cs1. The lowest BCUT2D eigenvalue weighted by Crippen LogP contribution is -2.49. The normalized spacial score (nSPS) is 19.0. The molecule has 1 aliphatic rings. The van der Waals surface area contributed by atoms with Gasteiger partial charge in [0.2, 0.25) is 0 Å². The molecule has 1 aromatic heterocycles. The van der Waals surface area contributed by atoms with Crippen molar-refractivity contribution in [1.29, 1.82) is 0 Å². The zero-order chi connectivity index (χ0) is 16.2. The molecule has 5 heteroatoms. The van der Waals surface area contributed by atoms with E-state index >= 15 is 0 Å². The molecule has 0 saturated carbocycles. The summed E-state index contributed by atoms with van der Waals surface area (Å²) in [5.74, 6) is 0.0607. The van der Waals surface area contributed by atoms with Crippen LogP contribution in [-0.4, -0.2) is 47.4 Å². The highest BCUT2D eigenvalue weighted by atomic mass is 32.1. The predicted octanol–water partition coefficient (Wildman–Crippen LogP) is 3.22. The van der Waals surface area contributed by atoms with Crippen LogP contribution in [-0.2, 0) is 6.42 Å². The molecule has 0 unspecified atom stereocenters. The summed E-state index contributed by atoms with van der Waals surface area (Å²) >= 11 is 1.60. The van der Waals surface area contributed by atoms with Crippen molar-refractivity contribution in [3.05, 3.63) is 52.0 Å². The summed E-state index contributed by atoms with van der Waals surface area (Å²) in [6.07, 6.45) is 2.01. The quantitative estimate of drug-likeness (QED) is 0.864. The first-order valence-corrected chi connectivity index (χ1v) is 9.06. The van der Waals surface area contributed by atoms with Crippen LogP contribution in [0, 0.1) is 0 Å². The third-order valence-corrected chi connectivity index (χ3v) is 5.17. The molecule has 0 bridgehead atoms. The van der Waals surface area contributed by atoms with E-state index in [1.54, 1.807) is 11.3 Å². The molecule has 1 saturated heterocycles. The molecule has 0 radical (unpaired) electrons. The first-order valence-electron chi connectivity index (χ1n) is 8.18. The topological polar surface area (TPSA) is 36.4 Å². The maximum Gasteiger partial charge on any atom is 0.273 e. The lowest BCUT2D eigenvalue weighted by molar-refractivity contribution is 0.0493. The maximum absolute atomic E-state index is 13.0. The molecule has 1 amide bonds. The Morgan fingerprint density at radius 2 is 2.09 bits per heavy atom. The summed E-state index contributed by atoms with van der Waals surface area (Å²) in [6, 6.07) is 10.4. The summed E-state index contributed by atoms with van der Waals surface area (Å²) in [6.45, 7) is 4.65. The predicted molar refractivity (Wildman–Crippen MR) is 93.8 cm³/mol. The molecule has 2 heterocycles. The third kappa shape index (κ3) is 3.62. The molecule has 3 rings (SSSR count). The van der Waals surface area contributed by atoms with Crippen LogP contribution in [0.1, 0.15) is 40.4 Å². The van der Waals surface area contributed by atoms with Gasteiger partial charge in [0, 0.05) is 25.0 Å². The Labute approximate surface area is 141 Å². The van der Waals surface area contributed by atoms with Gasteiger partial charge in [-0.05, 0) is 25.5 Å². The van der Waals surface area contributed by atoms with Crippen molar-refractivity contribution in [2.24, 2.45) is 0 Å². The van der Waals surface area contributed by atoms with Crippen LogP contribution in [0.15, 0.2) is 35.7 Å². The fourth-order valence-electron chi connectivity index (χ4n) is 3.01. The van der Waals surface area contributed by atoms with Crippen molar-refractivity contribution in [1.82, 2.24) is 14.8 Å². The van der Waals surface area contributed by atoms with Gasteiger partial charge in [-0.2, -0.15) is 0 Å². The minimum atomic E-state index is 0.0607. The third-order valence-electron chi connectivity index (χ3n) is 4.26. The molecule has 23 heavy (non-hydrogen) atoms. The average molecular weight is 329 g/mol. The zero-order valence-corrected chi connectivity index (χ0v) is 14.6. The summed E-state index contributed by atoms with van der Waals surface area (Å²) in [5.41, 5.74) is 1.79. The molecule has 2 aromatic rings. The molecular formula is C18H23N3OS. The minimum Gasteiger partial charge on any atom is -0.328 e. The summed E-state index contributed by atoms with van der Waals surface area (Å²) in [4.78, 5) is 21.8. The molecule has 1 atom stereocenters. The zero-order valence-electron chi connectivity index (χ0n) is 13.7. The van der Waals surface area contributed by atoms with Gasteiger partial charge in [-0.3, -0.25) is 4.79 Å². The molecule has 0 spiro atoms. The largest absolute Gasteiger partial charge is 0.328 e. The molecule has 1 fully saturated rings. The summed E-state index contributed by atoms with van der Waals surface area (Å²) in [7, 11) is 2.11. The Morgan fingerprint density at radius 1 is 1.30 bits per heavy atom. The number of rotatable bonds is 4. The Hall–Kier alpha value is -1.72. The Bertz CT molecular complexity index is 655. The number of aryl methyl sites for hydroxylation is 1. The van der Waals surface area contributed by atoms with E-state index in [2.05, 4.69) is 36.0 Å². The summed E-state index contributed by atoms with van der Waals surface area (Å²) < 4.78 is 0. The Morgan fingerprint density at radius 3 is 2.83 bits per heavy atom. The average Bonchev–Trinajstić information content (AvgIpc) is 3.04. The fourth-order valence-corrected chi connectivity index (χ4v) is 3.88. The van der Waals surface area contributed by atoms with Crippen LogP contribution in [0.2, 0.25) is 0 Å². The van der Waals surface area contributed by atoms with Crippen LogP contribution in [0.25, 0.3) is 0 Å². The van der Waals surface area contributed by atoms with Crippen LogP contribution in [0.5, 0.6) is 0 Å². The van der Waals surface area contributed by atoms with Crippen molar-refractivity contribution < 1.29 is 4.79 Å². The number of nitrogens with zero attached hydrogens (tertiary/aromatic N) is 3. The van der Waals surface area contributed by atoms with E-state index in [0.29, 0.717) is 5.69 Å². The standard InChI is InChI=1S/C18H23N3OS/c1-3-7-17-19-15(13-23-17)18(22)21-11-10-20(2)12-16(21)14-8-5-4-6-9-14/h4-6,8-9,13,16H,3,7,10-12H2,1-2H3/t16-/m0/s1. The van der Waals surface area contributed by atoms with Gasteiger partial charge < -0.3 is 9.80 Å². The number of benzene rings is 1. The second-order valence-corrected chi connectivity index (χ2v) is 7.01. The van der Waals surface area contributed by atoms with Crippen LogP contribution in [0.4, 0.5) is 0 Å². The molecular weight excluding hydrogens is 306 g/mol. The number of amides is 1. The van der Waals surface area contributed by atoms with Gasteiger partial charge in [0.15, 0.2) is 0 Å². The van der Waals surface area contributed by atoms with E-state index in [9.17, 15) is 4.79 Å². The number of carbonyl (C=O) groups is 1. The molecule has 122 valence electrons. The van der Waals surface area contributed by atoms with Gasteiger partial charge in [-0.25, -0.2) is 4.98 Å². The highest BCUT2D eigenvalue weighted by Crippen LogP contribution is 2.27. The Kier molecular flexibility index (Phi) is 5.08. The van der Waals surface area contributed by atoms with Crippen molar-refractivity contribution in [2.75, 3.05) is 26.7 Å². The van der Waals surface area contributed by atoms with Crippen LogP contribution < -0.4 is 0 Å². The van der Waals surface area contributed by atoms with Crippen molar-refractivity contribution in [3.63, 3.8) is 0 Å². The van der Waals surface area contributed by atoms with Gasteiger partial charge >= 0.3 is 0 Å². The van der Waals surface area contributed by atoms with Crippen molar-refractivity contribution in [3.8, 4) is 0 Å². The maximum atomic E-state index is 13.0. The summed E-state index contributed by atoms with van der Waals surface area (Å²) in [5, 5.41) is 2.97. The van der Waals surface area contributed by atoms with E-state index in [1.807, 2.05) is 28.5 Å². The van der Waals surface area contributed by atoms with Crippen molar-refractivity contribution in [2.45, 2.75) is 25.8 Å². The van der Waals surface area contributed by atoms with E-state index < -0.39 is 0 Å². The number of piperazine rings is 1. The number of hydrogen-bond donors (Lipinski definition) is 0. The van der Waals surface area contributed by atoms with E-state index in [1.165, 1.54) is 5.56 Å². The van der Waals surface area contributed by atoms with E-state index in [0.717, 1.165) is 37.5 Å².